The first kappa shape index (κ1) is 17.3. The van der Waals surface area contributed by atoms with Gasteiger partial charge in [0.25, 0.3) is 0 Å². The van der Waals surface area contributed by atoms with Crippen LogP contribution < -0.4 is 9.47 Å². The SMILES string of the molecule is O=C(CCC(=O)N1CCOC2CCCCC21)c1ccc2c(c1)OCCO2. The first-order valence-corrected chi connectivity index (χ1v) is 9.56. The minimum Gasteiger partial charge on any atom is -0.486 e. The lowest BCUT2D eigenvalue weighted by Crippen LogP contribution is -2.54. The molecule has 140 valence electrons. The normalized spacial score (nSPS) is 24.7. The number of benzene rings is 1. The maximum absolute atomic E-state index is 12.7. The van der Waals surface area contributed by atoms with Crippen LogP contribution in [0.15, 0.2) is 18.2 Å². The van der Waals surface area contributed by atoms with E-state index in [0.29, 0.717) is 43.4 Å². The van der Waals surface area contributed by atoms with E-state index in [4.69, 9.17) is 14.2 Å². The molecule has 0 aromatic heterocycles. The predicted octanol–water partition coefficient (Wildman–Crippen LogP) is 2.59. The van der Waals surface area contributed by atoms with E-state index in [1.165, 1.54) is 6.42 Å². The number of fused-ring (bicyclic) bond motifs is 2. The number of carbonyl (C=O) groups is 2. The number of hydrogen-bond donors (Lipinski definition) is 0. The van der Waals surface area contributed by atoms with Crippen molar-refractivity contribution in [3.63, 3.8) is 0 Å². The molecule has 1 saturated heterocycles. The van der Waals surface area contributed by atoms with E-state index in [1.807, 2.05) is 4.90 Å². The summed E-state index contributed by atoms with van der Waals surface area (Å²) in [5.41, 5.74) is 0.569. The van der Waals surface area contributed by atoms with E-state index in [1.54, 1.807) is 18.2 Å². The number of morpholine rings is 1. The van der Waals surface area contributed by atoms with Crippen molar-refractivity contribution in [2.45, 2.75) is 50.7 Å². The van der Waals surface area contributed by atoms with Crippen LogP contribution in [0.1, 0.15) is 48.9 Å². The van der Waals surface area contributed by atoms with Gasteiger partial charge in [0.2, 0.25) is 5.91 Å². The maximum Gasteiger partial charge on any atom is 0.223 e. The Labute approximate surface area is 153 Å². The second-order valence-corrected chi connectivity index (χ2v) is 7.13. The second-order valence-electron chi connectivity index (χ2n) is 7.13. The number of amides is 1. The molecular formula is C20H25NO5. The van der Waals surface area contributed by atoms with Crippen LogP contribution in [0.2, 0.25) is 0 Å². The number of ether oxygens (including phenoxy) is 3. The van der Waals surface area contributed by atoms with Crippen molar-refractivity contribution in [1.29, 1.82) is 0 Å². The van der Waals surface area contributed by atoms with E-state index in [0.717, 1.165) is 19.3 Å². The molecule has 2 heterocycles. The van der Waals surface area contributed by atoms with Gasteiger partial charge in [-0.15, -0.1) is 0 Å². The van der Waals surface area contributed by atoms with Crippen LogP contribution in [0.25, 0.3) is 0 Å². The number of hydrogen-bond acceptors (Lipinski definition) is 5. The van der Waals surface area contributed by atoms with Gasteiger partial charge < -0.3 is 19.1 Å². The average Bonchev–Trinajstić information content (AvgIpc) is 2.71. The van der Waals surface area contributed by atoms with Crippen molar-refractivity contribution in [2.24, 2.45) is 0 Å². The lowest BCUT2D eigenvalue weighted by atomic mass is 9.90. The monoisotopic (exact) mass is 359 g/mol. The zero-order chi connectivity index (χ0) is 17.9. The van der Waals surface area contributed by atoms with E-state index in [2.05, 4.69) is 0 Å². The Bertz CT molecular complexity index is 687. The molecule has 0 N–H and O–H groups in total. The molecule has 6 heteroatoms. The van der Waals surface area contributed by atoms with Crippen molar-refractivity contribution >= 4 is 11.7 Å². The molecule has 1 aromatic rings. The Kier molecular flexibility index (Phi) is 5.11. The standard InChI is InChI=1S/C20H25NO5/c22-16(14-5-7-18-19(13-14)26-12-11-25-18)6-8-20(23)21-9-10-24-17-4-2-1-3-15(17)21/h5,7,13,15,17H,1-4,6,8-12H2. The molecule has 0 spiro atoms. The van der Waals surface area contributed by atoms with Gasteiger partial charge in [0, 0.05) is 24.9 Å². The van der Waals surface area contributed by atoms with Crippen LogP contribution in [-0.4, -0.2) is 55.1 Å². The summed E-state index contributed by atoms with van der Waals surface area (Å²) in [7, 11) is 0. The number of nitrogens with zero attached hydrogens (tertiary/aromatic N) is 1. The molecule has 2 unspecified atom stereocenters. The van der Waals surface area contributed by atoms with Gasteiger partial charge in [-0.05, 0) is 31.0 Å². The molecule has 0 radical (unpaired) electrons. The highest BCUT2D eigenvalue weighted by atomic mass is 16.6. The summed E-state index contributed by atoms with van der Waals surface area (Å²) < 4.78 is 16.8. The van der Waals surface area contributed by atoms with Crippen LogP contribution >= 0.6 is 0 Å². The van der Waals surface area contributed by atoms with E-state index in [9.17, 15) is 9.59 Å². The van der Waals surface area contributed by atoms with Crippen LogP contribution in [0.3, 0.4) is 0 Å². The lowest BCUT2D eigenvalue weighted by Gasteiger charge is -2.43. The minimum absolute atomic E-state index is 0.0382. The fourth-order valence-corrected chi connectivity index (χ4v) is 4.13. The maximum atomic E-state index is 12.7. The molecule has 2 aliphatic heterocycles. The Morgan fingerprint density at radius 2 is 1.81 bits per heavy atom. The number of rotatable bonds is 4. The third-order valence-corrected chi connectivity index (χ3v) is 5.48. The number of ketones is 1. The third kappa shape index (κ3) is 3.56. The average molecular weight is 359 g/mol. The van der Waals surface area contributed by atoms with Crippen LogP contribution in [0.5, 0.6) is 11.5 Å². The Morgan fingerprint density at radius 1 is 1.00 bits per heavy atom. The van der Waals surface area contributed by atoms with Gasteiger partial charge in [0.05, 0.1) is 18.8 Å². The predicted molar refractivity (Wildman–Crippen MR) is 94.7 cm³/mol. The first-order chi connectivity index (χ1) is 12.7. The summed E-state index contributed by atoms with van der Waals surface area (Å²) in [5, 5.41) is 0. The van der Waals surface area contributed by atoms with Gasteiger partial charge >= 0.3 is 0 Å². The minimum atomic E-state index is -0.0382. The molecule has 6 nitrogen and oxygen atoms in total. The highest BCUT2D eigenvalue weighted by molar-refractivity contribution is 5.98. The van der Waals surface area contributed by atoms with Crippen LogP contribution in [0.4, 0.5) is 0 Å². The van der Waals surface area contributed by atoms with Crippen LogP contribution in [0, 0.1) is 0 Å². The van der Waals surface area contributed by atoms with Gasteiger partial charge in [0.15, 0.2) is 17.3 Å². The summed E-state index contributed by atoms with van der Waals surface area (Å²) in [4.78, 5) is 27.2. The number of Topliss-reactive ketones (excluding diaryl/α,β-unsaturated/α-hetero) is 1. The lowest BCUT2D eigenvalue weighted by molar-refractivity contribution is -0.149. The van der Waals surface area contributed by atoms with Crippen molar-refractivity contribution in [1.82, 2.24) is 4.90 Å². The van der Waals surface area contributed by atoms with Gasteiger partial charge in [-0.3, -0.25) is 9.59 Å². The Balaban J connectivity index is 1.35. The summed E-state index contributed by atoms with van der Waals surface area (Å²) in [5.74, 6) is 1.30. The van der Waals surface area contributed by atoms with Crippen LogP contribution in [-0.2, 0) is 9.53 Å². The molecule has 1 aliphatic carbocycles. The largest absolute Gasteiger partial charge is 0.486 e. The third-order valence-electron chi connectivity index (χ3n) is 5.48. The van der Waals surface area contributed by atoms with Gasteiger partial charge in [-0.1, -0.05) is 12.8 Å². The second kappa shape index (κ2) is 7.66. The molecule has 26 heavy (non-hydrogen) atoms. The molecular weight excluding hydrogens is 334 g/mol. The number of carbonyl (C=O) groups excluding carboxylic acids is 2. The molecule has 2 fully saturated rings. The zero-order valence-corrected chi connectivity index (χ0v) is 14.9. The fourth-order valence-electron chi connectivity index (χ4n) is 4.13. The molecule has 0 bridgehead atoms. The summed E-state index contributed by atoms with van der Waals surface area (Å²) >= 11 is 0. The molecule has 1 amide bonds. The van der Waals surface area contributed by atoms with Crippen molar-refractivity contribution in [3.05, 3.63) is 23.8 Å². The molecule has 3 aliphatic rings. The highest BCUT2D eigenvalue weighted by Gasteiger charge is 2.36. The Morgan fingerprint density at radius 3 is 2.69 bits per heavy atom. The fraction of sp³-hybridized carbons (Fsp3) is 0.600. The summed E-state index contributed by atoms with van der Waals surface area (Å²) in [6.07, 6.45) is 4.99. The highest BCUT2D eigenvalue weighted by Crippen LogP contribution is 2.32. The van der Waals surface area contributed by atoms with Crippen molar-refractivity contribution in [2.75, 3.05) is 26.4 Å². The Hall–Kier alpha value is -2.08. The quantitative estimate of drug-likeness (QED) is 0.773. The summed E-state index contributed by atoms with van der Waals surface area (Å²) in [6, 6.07) is 5.41. The molecule has 1 aromatic carbocycles. The van der Waals surface area contributed by atoms with Gasteiger partial charge in [-0.2, -0.15) is 0 Å². The molecule has 2 atom stereocenters. The van der Waals surface area contributed by atoms with Gasteiger partial charge in [0.1, 0.15) is 13.2 Å². The van der Waals surface area contributed by atoms with E-state index >= 15 is 0 Å². The van der Waals surface area contributed by atoms with E-state index < -0.39 is 0 Å². The van der Waals surface area contributed by atoms with Crippen molar-refractivity contribution < 1.29 is 23.8 Å². The van der Waals surface area contributed by atoms with E-state index in [-0.39, 0.29) is 36.7 Å². The zero-order valence-electron chi connectivity index (χ0n) is 14.9. The first-order valence-electron chi connectivity index (χ1n) is 9.56. The smallest absolute Gasteiger partial charge is 0.223 e. The van der Waals surface area contributed by atoms with Crippen molar-refractivity contribution in [3.8, 4) is 11.5 Å². The molecule has 4 rings (SSSR count). The topological polar surface area (TPSA) is 65.1 Å². The van der Waals surface area contributed by atoms with Gasteiger partial charge in [-0.25, -0.2) is 0 Å². The molecule has 1 saturated carbocycles. The summed E-state index contributed by atoms with van der Waals surface area (Å²) in [6.45, 7) is 2.25.